The van der Waals surface area contributed by atoms with Gasteiger partial charge in [0.05, 0.1) is 20.8 Å². The third kappa shape index (κ3) is 15.5. The molecule has 1 atom stereocenters. The van der Waals surface area contributed by atoms with Crippen molar-refractivity contribution in [3.63, 3.8) is 0 Å². The molecule has 214 valence electrons. The highest BCUT2D eigenvalue weighted by Gasteiger charge is 2.10. The summed E-state index contributed by atoms with van der Waals surface area (Å²) in [4.78, 5) is 23.3. The van der Waals surface area contributed by atoms with Crippen molar-refractivity contribution >= 4 is 24.1 Å². The summed E-state index contributed by atoms with van der Waals surface area (Å²) in [6.45, 7) is 8.89. The number of para-hydroxylation sites is 1. The third-order valence-corrected chi connectivity index (χ3v) is 5.87. The summed E-state index contributed by atoms with van der Waals surface area (Å²) in [5.41, 5.74) is 1.81. The maximum atomic E-state index is 11.9. The summed E-state index contributed by atoms with van der Waals surface area (Å²) in [5.74, 6) is 1.50. The summed E-state index contributed by atoms with van der Waals surface area (Å²) in [6.07, 6.45) is 12.6. The molecule has 0 N–H and O–H groups in total. The number of rotatable bonds is 15. The minimum absolute atomic E-state index is 0.0198. The van der Waals surface area contributed by atoms with Gasteiger partial charge in [-0.3, -0.25) is 0 Å². The molecule has 0 fully saturated rings. The first-order valence-electron chi connectivity index (χ1n) is 13.8. The topological polar surface area (TPSA) is 71.1 Å². The first-order valence-corrected chi connectivity index (χ1v) is 13.8. The summed E-state index contributed by atoms with van der Waals surface area (Å²) in [7, 11) is 3.24. The van der Waals surface area contributed by atoms with E-state index in [4.69, 9.17) is 18.9 Å². The molecule has 0 aliphatic rings. The highest BCUT2D eigenvalue weighted by Crippen LogP contribution is 2.19. The Morgan fingerprint density at radius 2 is 1.51 bits per heavy atom. The average Bonchev–Trinajstić information content (AvgIpc) is 2.95. The van der Waals surface area contributed by atoms with Crippen LogP contribution in [0.15, 0.2) is 60.7 Å². The number of unbranched alkanes of at least 4 members (excludes halogenated alkanes) is 2. The SMILES string of the molecule is CCCCCC(CC)OC(=O)/C=C/c1ccccc1OC.COc1ccc(C=CC(=O)OCCC(C)C)cc1. The van der Waals surface area contributed by atoms with Gasteiger partial charge in [-0.15, -0.1) is 0 Å². The van der Waals surface area contributed by atoms with Crippen molar-refractivity contribution in [1.82, 2.24) is 0 Å². The van der Waals surface area contributed by atoms with E-state index in [1.54, 1.807) is 26.4 Å². The Morgan fingerprint density at radius 1 is 0.821 bits per heavy atom. The fourth-order valence-electron chi connectivity index (χ4n) is 3.46. The number of carbonyl (C=O) groups is 2. The van der Waals surface area contributed by atoms with Gasteiger partial charge < -0.3 is 18.9 Å². The van der Waals surface area contributed by atoms with E-state index in [9.17, 15) is 9.59 Å². The zero-order valence-corrected chi connectivity index (χ0v) is 24.5. The molecule has 6 nitrogen and oxygen atoms in total. The van der Waals surface area contributed by atoms with Crippen molar-refractivity contribution in [2.75, 3.05) is 20.8 Å². The predicted octanol–water partition coefficient (Wildman–Crippen LogP) is 7.91. The fourth-order valence-corrected chi connectivity index (χ4v) is 3.46. The zero-order chi connectivity index (χ0) is 28.9. The lowest BCUT2D eigenvalue weighted by atomic mass is 10.1. The van der Waals surface area contributed by atoms with E-state index in [-0.39, 0.29) is 18.0 Å². The summed E-state index contributed by atoms with van der Waals surface area (Å²) < 4.78 is 20.8. The second kappa shape index (κ2) is 20.4. The van der Waals surface area contributed by atoms with E-state index in [2.05, 4.69) is 20.8 Å². The molecule has 0 aliphatic carbocycles. The lowest BCUT2D eigenvalue weighted by Crippen LogP contribution is -2.15. The predicted molar refractivity (Wildman–Crippen MR) is 159 cm³/mol. The van der Waals surface area contributed by atoms with Gasteiger partial charge in [0, 0.05) is 17.7 Å². The van der Waals surface area contributed by atoms with Crippen LogP contribution in [0.2, 0.25) is 0 Å². The maximum absolute atomic E-state index is 11.9. The van der Waals surface area contributed by atoms with Gasteiger partial charge in [-0.1, -0.05) is 70.9 Å². The van der Waals surface area contributed by atoms with Crippen LogP contribution in [0, 0.1) is 5.92 Å². The van der Waals surface area contributed by atoms with Crippen molar-refractivity contribution in [1.29, 1.82) is 0 Å². The second-order valence-corrected chi connectivity index (χ2v) is 9.49. The van der Waals surface area contributed by atoms with Gasteiger partial charge in [-0.25, -0.2) is 9.59 Å². The summed E-state index contributed by atoms with van der Waals surface area (Å²) >= 11 is 0. The van der Waals surface area contributed by atoms with Gasteiger partial charge >= 0.3 is 11.9 Å². The lowest BCUT2D eigenvalue weighted by Gasteiger charge is -2.14. The average molecular weight is 539 g/mol. The maximum Gasteiger partial charge on any atom is 0.331 e. The minimum Gasteiger partial charge on any atom is -0.497 e. The van der Waals surface area contributed by atoms with E-state index in [0.717, 1.165) is 48.3 Å². The van der Waals surface area contributed by atoms with Crippen LogP contribution in [0.25, 0.3) is 12.2 Å². The number of esters is 2. The third-order valence-electron chi connectivity index (χ3n) is 5.87. The number of carbonyl (C=O) groups excluding carboxylic acids is 2. The van der Waals surface area contributed by atoms with E-state index >= 15 is 0 Å². The van der Waals surface area contributed by atoms with Gasteiger partial charge in [-0.05, 0) is 67.5 Å². The van der Waals surface area contributed by atoms with Crippen LogP contribution < -0.4 is 9.47 Å². The highest BCUT2D eigenvalue weighted by atomic mass is 16.5. The molecule has 2 aromatic rings. The van der Waals surface area contributed by atoms with Crippen LogP contribution in [0.1, 0.15) is 77.3 Å². The lowest BCUT2D eigenvalue weighted by molar-refractivity contribution is -0.143. The first-order chi connectivity index (χ1) is 18.8. The molecular formula is C33H46O6. The Hall–Kier alpha value is -3.54. The summed E-state index contributed by atoms with van der Waals surface area (Å²) in [6, 6.07) is 15.1. The van der Waals surface area contributed by atoms with Gasteiger partial charge in [0.25, 0.3) is 0 Å². The van der Waals surface area contributed by atoms with Gasteiger partial charge in [-0.2, -0.15) is 0 Å². The standard InChI is InChI=1S/C18H26O3.C15H20O3/c1-4-6-7-11-16(5-2)21-18(19)14-13-15-10-8-9-12-17(15)20-3;1-12(2)10-11-18-15(16)9-6-13-4-7-14(17-3)8-5-13/h8-10,12-14,16H,4-7,11H2,1-3H3;4-9,12H,10-11H2,1-3H3/b14-13+;. The Labute approximate surface area is 235 Å². The molecule has 6 heteroatoms. The number of hydrogen-bond acceptors (Lipinski definition) is 6. The quantitative estimate of drug-likeness (QED) is 0.130. The van der Waals surface area contributed by atoms with Crippen molar-refractivity contribution in [3.05, 3.63) is 71.8 Å². The van der Waals surface area contributed by atoms with Crippen LogP contribution in [0.5, 0.6) is 11.5 Å². The van der Waals surface area contributed by atoms with E-state index in [1.807, 2.05) is 55.5 Å². The van der Waals surface area contributed by atoms with Crippen LogP contribution in [0.4, 0.5) is 0 Å². The van der Waals surface area contributed by atoms with Crippen molar-refractivity contribution < 1.29 is 28.5 Å². The molecule has 0 saturated heterocycles. The van der Waals surface area contributed by atoms with Crippen LogP contribution >= 0.6 is 0 Å². The van der Waals surface area contributed by atoms with Crippen molar-refractivity contribution in [2.45, 2.75) is 72.3 Å². The second-order valence-electron chi connectivity index (χ2n) is 9.49. The number of ether oxygens (including phenoxy) is 4. The highest BCUT2D eigenvalue weighted by molar-refractivity contribution is 5.88. The number of benzene rings is 2. The molecular weight excluding hydrogens is 492 g/mol. The smallest absolute Gasteiger partial charge is 0.331 e. The molecule has 39 heavy (non-hydrogen) atoms. The molecule has 2 aromatic carbocycles. The number of hydrogen-bond donors (Lipinski definition) is 0. The Kier molecular flexibility index (Phi) is 17.5. The minimum atomic E-state index is -0.300. The van der Waals surface area contributed by atoms with Gasteiger partial charge in [0.1, 0.15) is 17.6 Å². The van der Waals surface area contributed by atoms with E-state index < -0.39 is 0 Å². The fraction of sp³-hybridized carbons (Fsp3) is 0.455. The Balaban J connectivity index is 0.000000395. The molecule has 0 spiro atoms. The van der Waals surface area contributed by atoms with Crippen LogP contribution in [0.3, 0.4) is 0 Å². The Bertz CT molecular complexity index is 1010. The largest absolute Gasteiger partial charge is 0.497 e. The molecule has 0 saturated carbocycles. The van der Waals surface area contributed by atoms with E-state index in [1.165, 1.54) is 25.0 Å². The molecule has 0 radical (unpaired) electrons. The molecule has 0 bridgehead atoms. The molecule has 0 aromatic heterocycles. The molecule has 2 rings (SSSR count). The summed E-state index contributed by atoms with van der Waals surface area (Å²) in [5, 5.41) is 0. The molecule has 0 heterocycles. The monoisotopic (exact) mass is 538 g/mol. The van der Waals surface area contributed by atoms with Crippen molar-refractivity contribution in [2.24, 2.45) is 5.92 Å². The van der Waals surface area contributed by atoms with Crippen molar-refractivity contribution in [3.8, 4) is 11.5 Å². The zero-order valence-electron chi connectivity index (χ0n) is 24.5. The molecule has 0 amide bonds. The molecule has 0 aliphatic heterocycles. The van der Waals surface area contributed by atoms with E-state index in [0.29, 0.717) is 12.5 Å². The van der Waals surface area contributed by atoms with Gasteiger partial charge in [0.2, 0.25) is 0 Å². The van der Waals surface area contributed by atoms with Crippen LogP contribution in [-0.4, -0.2) is 38.9 Å². The van der Waals surface area contributed by atoms with Gasteiger partial charge in [0.15, 0.2) is 0 Å². The first kappa shape index (κ1) is 33.5. The number of methoxy groups -OCH3 is 2. The normalized spacial score (nSPS) is 11.7. The molecule has 1 unspecified atom stereocenters. The Morgan fingerprint density at radius 3 is 2.13 bits per heavy atom. The van der Waals surface area contributed by atoms with Crippen LogP contribution in [-0.2, 0) is 19.1 Å².